The third-order valence-corrected chi connectivity index (χ3v) is 20.3. The van der Waals surface area contributed by atoms with Crippen molar-refractivity contribution in [3.63, 3.8) is 0 Å². The molecule has 4 nitrogen and oxygen atoms in total. The minimum Gasteiger partial charge on any atom is -0.505 e. The molecule has 0 bridgehead atoms. The van der Waals surface area contributed by atoms with E-state index in [1.807, 2.05) is 0 Å². The highest BCUT2D eigenvalue weighted by atomic mass is 127. The van der Waals surface area contributed by atoms with Crippen LogP contribution in [0.4, 0.5) is 34.1 Å². The number of hydrogen-bond donors (Lipinski definition) is 1. The van der Waals surface area contributed by atoms with Crippen molar-refractivity contribution in [2.75, 3.05) is 14.2 Å². The van der Waals surface area contributed by atoms with Crippen LogP contribution in [0.5, 0.6) is 5.75 Å². The highest BCUT2D eigenvalue weighted by Gasteiger charge is 2.31. The number of anilines is 6. The molecule has 82 heavy (non-hydrogen) atoms. The summed E-state index contributed by atoms with van der Waals surface area (Å²) in [5.74, 6) is 0.732. The van der Waals surface area contributed by atoms with Gasteiger partial charge in [-0.25, -0.2) is 0 Å². The molecule has 0 spiro atoms. The van der Waals surface area contributed by atoms with Crippen molar-refractivity contribution < 1.29 is 9.52 Å². The standard InChI is InChI=1S/C77H67IN2O2/c1-8-50-18-10-12-22-56(50)52-20-14-21-53(42-52)58-24-16-28-69(75(58)81)79(54-34-30-47(5)31-35-54)72-44-67(49(7)68-45-78-68)60-39-41-64-71(43-66(46(3)4)59-38-40-65(72)74(60)73(59)64)80(55-36-32-48(6)33-37-55)70-29-17-27-63-62-26-15-25-61(76(62)82-77(63)70)57-23-13-11-19-51(57)9-2/h10,12-18,20-44,46,49,81H,8-9,11,19,45H2,1-7H3. The summed E-state index contributed by atoms with van der Waals surface area (Å²) in [6.45, 7) is 15.9. The molecule has 14 rings (SSSR count). The molecule has 404 valence electrons. The van der Waals surface area contributed by atoms with Crippen molar-refractivity contribution in [1.82, 2.24) is 0 Å². The average Bonchev–Trinajstić information content (AvgIpc) is 1.92. The number of fused-ring (bicyclic) bond motifs is 3. The van der Waals surface area contributed by atoms with Crippen LogP contribution in [0.3, 0.4) is 0 Å². The summed E-state index contributed by atoms with van der Waals surface area (Å²) < 4.78 is 10.3. The average molecular weight is 1180 g/mol. The number of aromatic hydroxyl groups is 1. The third kappa shape index (κ3) is 8.73. The summed E-state index contributed by atoms with van der Waals surface area (Å²) in [6.07, 6.45) is 8.74. The van der Waals surface area contributed by atoms with Gasteiger partial charge in [0, 0.05) is 54.4 Å². The topological polar surface area (TPSA) is 39.9 Å². The zero-order valence-electron chi connectivity index (χ0n) is 47.9. The molecule has 2 aliphatic rings. The fourth-order valence-electron chi connectivity index (χ4n) is 13.3. The highest BCUT2D eigenvalue weighted by Crippen LogP contribution is 2.54. The van der Waals surface area contributed by atoms with E-state index in [2.05, 4.69) is 258 Å². The number of alkyl halides is 1. The number of benzene rings is 11. The number of nitrogens with zero attached hydrogens (tertiary/aromatic N) is 2. The fraction of sp³-hybridized carbons (Fsp3) is 0.182. The lowest BCUT2D eigenvalue weighted by atomic mass is 9.83. The van der Waals surface area contributed by atoms with Gasteiger partial charge in [-0.3, -0.25) is 0 Å². The molecule has 1 aliphatic carbocycles. The van der Waals surface area contributed by atoms with Crippen LogP contribution in [0.2, 0.25) is 0 Å². The van der Waals surface area contributed by atoms with Crippen LogP contribution in [0, 0.1) is 13.8 Å². The first-order valence-electron chi connectivity index (χ1n) is 29.4. The van der Waals surface area contributed by atoms with Crippen molar-refractivity contribution >= 4 is 118 Å². The van der Waals surface area contributed by atoms with Crippen molar-refractivity contribution in [3.05, 3.63) is 239 Å². The molecule has 0 fully saturated rings. The molecule has 12 aromatic rings. The number of rotatable bonds is 14. The second-order valence-electron chi connectivity index (χ2n) is 23.0. The zero-order chi connectivity index (χ0) is 55.9. The molecule has 1 unspecified atom stereocenters. The predicted octanol–water partition coefficient (Wildman–Crippen LogP) is 22.5. The Balaban J connectivity index is 1.04. The van der Waals surface area contributed by atoms with E-state index in [-0.39, 0.29) is 38.3 Å². The Hall–Kier alpha value is -8.26. The number of allylic oxidation sites excluding steroid dienone is 4. The zero-order valence-corrected chi connectivity index (χ0v) is 50.0. The predicted molar refractivity (Wildman–Crippen MR) is 360 cm³/mol. The van der Waals surface area contributed by atoms with Crippen LogP contribution in [0.15, 0.2) is 210 Å². The number of para-hydroxylation sites is 3. The van der Waals surface area contributed by atoms with Crippen LogP contribution < -0.4 is 9.80 Å². The molecule has 1 aliphatic heterocycles. The largest absolute Gasteiger partial charge is 0.505 e. The van der Waals surface area contributed by atoms with Gasteiger partial charge in [0.2, 0.25) is 0 Å². The molecule has 5 heteroatoms. The van der Waals surface area contributed by atoms with Gasteiger partial charge in [-0.2, -0.15) is 0 Å². The minimum atomic E-state index is 0.0492. The lowest BCUT2D eigenvalue weighted by Crippen LogP contribution is -2.14. The first-order chi connectivity index (χ1) is 40.1. The lowest BCUT2D eigenvalue weighted by Gasteiger charge is -2.32. The first-order valence-corrected chi connectivity index (χ1v) is 32.0. The molecule has 0 radical (unpaired) electrons. The van der Waals surface area contributed by atoms with Gasteiger partial charge in [-0.15, -0.1) is 20.7 Å². The van der Waals surface area contributed by atoms with E-state index in [9.17, 15) is 5.11 Å². The normalized spacial score (nSPS) is 13.9. The second-order valence-corrected chi connectivity index (χ2v) is 25.9. The second kappa shape index (κ2) is 20.9. The molecule has 1 aromatic heterocycles. The Morgan fingerprint density at radius 1 is 0.512 bits per heavy atom. The van der Waals surface area contributed by atoms with Gasteiger partial charge < -0.3 is 19.3 Å². The lowest BCUT2D eigenvalue weighted by molar-refractivity contribution is 0.478. The van der Waals surface area contributed by atoms with Gasteiger partial charge in [0.1, 0.15) is 11.3 Å². The molecular weight excluding hydrogens is 1110 g/mol. The summed E-state index contributed by atoms with van der Waals surface area (Å²) in [4.78, 5) is 4.82. The number of phenols is 1. The Morgan fingerprint density at radius 2 is 1.06 bits per heavy atom. The van der Waals surface area contributed by atoms with E-state index in [0.717, 1.165) is 109 Å². The number of hydrogen-bond acceptors (Lipinski definition) is 4. The Kier molecular flexibility index (Phi) is 13.2. The number of phenolic OH excluding ortho intramolecular Hbond substituents is 1. The molecule has 11 aromatic carbocycles. The quantitative estimate of drug-likeness (QED) is 0.0669. The van der Waals surface area contributed by atoms with Crippen LogP contribution in [-0.2, 0) is 6.42 Å². The summed E-state index contributed by atoms with van der Waals surface area (Å²) >= 11 is 0.0492. The van der Waals surface area contributed by atoms with Gasteiger partial charge in [0.15, 0.2) is 5.58 Å². The Morgan fingerprint density at radius 3 is 1.72 bits per heavy atom. The number of furan rings is 1. The van der Waals surface area contributed by atoms with Crippen LogP contribution in [-0.4, -0.2) is 13.0 Å². The van der Waals surface area contributed by atoms with Gasteiger partial charge in [-0.1, -0.05) is 197 Å². The van der Waals surface area contributed by atoms with Gasteiger partial charge in [0.25, 0.3) is 0 Å². The summed E-state index contributed by atoms with van der Waals surface area (Å²) in [5, 5.41) is 22.7. The summed E-state index contributed by atoms with van der Waals surface area (Å²) in [6, 6.07) is 69.3. The van der Waals surface area contributed by atoms with Gasteiger partial charge in [0.05, 0.1) is 22.7 Å². The van der Waals surface area contributed by atoms with E-state index in [0.29, 0.717) is 0 Å². The monoisotopic (exact) mass is 1180 g/mol. The molecule has 1 N–H and O–H groups in total. The van der Waals surface area contributed by atoms with Crippen molar-refractivity contribution in [3.8, 4) is 28.0 Å². The highest BCUT2D eigenvalue weighted by molar-refractivity contribution is 14.2. The van der Waals surface area contributed by atoms with Crippen molar-refractivity contribution in [1.29, 1.82) is 0 Å². The molecule has 2 heterocycles. The van der Waals surface area contributed by atoms with Crippen LogP contribution in [0.1, 0.15) is 99.1 Å². The first kappa shape index (κ1) is 51.9. The minimum absolute atomic E-state index is 0.0492. The summed E-state index contributed by atoms with van der Waals surface area (Å²) in [7, 11) is 0. The van der Waals surface area contributed by atoms with Gasteiger partial charge in [-0.05, 0) is 164 Å². The van der Waals surface area contributed by atoms with E-state index in [1.54, 1.807) is 3.51 Å². The molecule has 0 amide bonds. The summed E-state index contributed by atoms with van der Waals surface area (Å²) in [5.41, 5.74) is 22.1. The molecule has 0 saturated carbocycles. The number of halogens is 1. The van der Waals surface area contributed by atoms with E-state index in [4.69, 9.17) is 4.42 Å². The Bertz CT molecular complexity index is 4590. The smallest absolute Gasteiger partial charge is 0.159 e. The van der Waals surface area contributed by atoms with Crippen LogP contribution in [0.25, 0.3) is 82.1 Å². The van der Waals surface area contributed by atoms with Crippen molar-refractivity contribution in [2.24, 2.45) is 0 Å². The van der Waals surface area contributed by atoms with E-state index in [1.165, 1.54) is 75.9 Å². The fourth-order valence-corrected chi connectivity index (χ4v) is 15.2. The van der Waals surface area contributed by atoms with E-state index >= 15 is 0 Å². The molecular formula is C77H67IN2O2. The molecule has 0 saturated heterocycles. The molecule has 1 atom stereocenters. The van der Waals surface area contributed by atoms with Gasteiger partial charge >= 0.3 is 0 Å². The van der Waals surface area contributed by atoms with Crippen molar-refractivity contribution in [2.45, 2.75) is 86.0 Å². The maximum absolute atomic E-state index is 13.1. The maximum Gasteiger partial charge on any atom is 0.159 e. The van der Waals surface area contributed by atoms with E-state index < -0.39 is 0 Å². The third-order valence-electron chi connectivity index (χ3n) is 17.7. The maximum atomic E-state index is 13.1. The van der Waals surface area contributed by atoms with Crippen LogP contribution >= 0.6 is 20.7 Å². The SMILES string of the molecule is CCC1=C(c2cccc3c2oc2c(N(c4ccc(C)cc4)c4cc(C(C)C)c5ccc6c(N(c7ccc(C)cc7)c7cccc(-c8cccc(-c9ccccc9CC)c8)c7O)cc(C(C)C7=IC7)c7ccc4c5c76)cccc23)C=CCC1. The Labute approximate surface area is 491 Å². The number of aryl methyl sites for hydroxylation is 3.